The second kappa shape index (κ2) is 8.83. The van der Waals surface area contributed by atoms with Gasteiger partial charge in [0.2, 0.25) is 0 Å². The highest BCUT2D eigenvalue weighted by molar-refractivity contribution is 14.1. The standard InChI is InChI=1S/C17H18IN3OS/c1-19-17(23)20-11-10-12-2-8-15(9-3-12)21-16(22)13-4-6-14(18)7-5-13/h2-9H,10-11H2,1H3,(H,21,22)(H2,19,20,23). The van der Waals surface area contributed by atoms with E-state index in [0.717, 1.165) is 22.2 Å². The average molecular weight is 439 g/mol. The number of carbonyl (C=O) groups excluding carboxylic acids is 1. The number of halogens is 1. The Kier molecular flexibility index (Phi) is 6.79. The van der Waals surface area contributed by atoms with Crippen molar-refractivity contribution >= 4 is 51.5 Å². The number of benzene rings is 2. The van der Waals surface area contributed by atoms with E-state index >= 15 is 0 Å². The van der Waals surface area contributed by atoms with Gasteiger partial charge < -0.3 is 16.0 Å². The zero-order valence-electron chi connectivity index (χ0n) is 12.7. The van der Waals surface area contributed by atoms with E-state index in [2.05, 4.69) is 38.5 Å². The molecule has 0 saturated heterocycles. The van der Waals surface area contributed by atoms with E-state index < -0.39 is 0 Å². The Hall–Kier alpha value is -1.67. The van der Waals surface area contributed by atoms with Gasteiger partial charge in [-0.05, 0) is 83.2 Å². The zero-order valence-corrected chi connectivity index (χ0v) is 15.7. The molecule has 2 aromatic carbocycles. The first-order valence-corrected chi connectivity index (χ1v) is 8.68. The van der Waals surface area contributed by atoms with Crippen molar-refractivity contribution in [1.82, 2.24) is 10.6 Å². The van der Waals surface area contributed by atoms with Gasteiger partial charge in [0.15, 0.2) is 5.11 Å². The second-order valence-corrected chi connectivity index (χ2v) is 6.57. The molecule has 4 nitrogen and oxygen atoms in total. The Bertz CT molecular complexity index is 671. The van der Waals surface area contributed by atoms with Crippen molar-refractivity contribution in [3.63, 3.8) is 0 Å². The number of amides is 1. The molecule has 23 heavy (non-hydrogen) atoms. The smallest absolute Gasteiger partial charge is 0.255 e. The molecule has 0 unspecified atom stereocenters. The quantitative estimate of drug-likeness (QED) is 0.495. The van der Waals surface area contributed by atoms with E-state index in [-0.39, 0.29) is 5.91 Å². The number of hydrogen-bond donors (Lipinski definition) is 3. The molecule has 0 aromatic heterocycles. The van der Waals surface area contributed by atoms with Crippen LogP contribution in [0.4, 0.5) is 5.69 Å². The maximum Gasteiger partial charge on any atom is 0.255 e. The Morgan fingerprint density at radius 1 is 1.09 bits per heavy atom. The molecule has 0 atom stereocenters. The molecule has 0 bridgehead atoms. The summed E-state index contributed by atoms with van der Waals surface area (Å²) in [5.41, 5.74) is 2.62. The number of rotatable bonds is 5. The Morgan fingerprint density at radius 2 is 1.74 bits per heavy atom. The Labute approximate surface area is 155 Å². The van der Waals surface area contributed by atoms with Gasteiger partial charge in [-0.1, -0.05) is 12.1 Å². The first-order valence-electron chi connectivity index (χ1n) is 7.20. The largest absolute Gasteiger partial charge is 0.366 e. The summed E-state index contributed by atoms with van der Waals surface area (Å²) < 4.78 is 1.11. The molecular weight excluding hydrogens is 421 g/mol. The van der Waals surface area contributed by atoms with E-state index in [1.54, 1.807) is 7.05 Å². The average Bonchev–Trinajstić information content (AvgIpc) is 2.56. The van der Waals surface area contributed by atoms with E-state index in [0.29, 0.717) is 10.7 Å². The van der Waals surface area contributed by atoms with Gasteiger partial charge in [0.05, 0.1) is 0 Å². The van der Waals surface area contributed by atoms with Crippen LogP contribution in [0, 0.1) is 3.57 Å². The topological polar surface area (TPSA) is 53.2 Å². The van der Waals surface area contributed by atoms with E-state index in [9.17, 15) is 4.79 Å². The lowest BCUT2D eigenvalue weighted by atomic mass is 10.1. The minimum Gasteiger partial charge on any atom is -0.366 e. The number of nitrogens with one attached hydrogen (secondary N) is 3. The lowest BCUT2D eigenvalue weighted by Gasteiger charge is -2.08. The van der Waals surface area contributed by atoms with Crippen LogP contribution in [-0.2, 0) is 6.42 Å². The van der Waals surface area contributed by atoms with Crippen LogP contribution in [0.3, 0.4) is 0 Å². The molecule has 0 fully saturated rings. The van der Waals surface area contributed by atoms with Crippen molar-refractivity contribution < 1.29 is 4.79 Å². The highest BCUT2D eigenvalue weighted by atomic mass is 127. The third-order valence-corrected chi connectivity index (χ3v) is 4.31. The molecule has 1 amide bonds. The van der Waals surface area contributed by atoms with Crippen molar-refractivity contribution in [3.05, 3.63) is 63.2 Å². The lowest BCUT2D eigenvalue weighted by molar-refractivity contribution is 0.102. The lowest BCUT2D eigenvalue weighted by Crippen LogP contribution is -2.33. The fraction of sp³-hybridized carbons (Fsp3) is 0.176. The summed E-state index contributed by atoms with van der Waals surface area (Å²) in [6.45, 7) is 0.772. The van der Waals surface area contributed by atoms with Gasteiger partial charge in [0, 0.05) is 28.4 Å². The number of carbonyl (C=O) groups is 1. The van der Waals surface area contributed by atoms with Crippen molar-refractivity contribution in [2.75, 3.05) is 18.9 Å². The Morgan fingerprint density at radius 3 is 2.35 bits per heavy atom. The first kappa shape index (κ1) is 17.7. The van der Waals surface area contributed by atoms with E-state index in [1.807, 2.05) is 48.5 Å². The summed E-state index contributed by atoms with van der Waals surface area (Å²) in [4.78, 5) is 12.1. The second-order valence-electron chi connectivity index (χ2n) is 4.91. The predicted octanol–water partition coefficient (Wildman–Crippen LogP) is 3.18. The third kappa shape index (κ3) is 5.80. The molecule has 6 heteroatoms. The van der Waals surface area contributed by atoms with Gasteiger partial charge in [0.1, 0.15) is 0 Å². The van der Waals surface area contributed by atoms with Crippen LogP contribution in [-0.4, -0.2) is 24.6 Å². The zero-order chi connectivity index (χ0) is 16.7. The van der Waals surface area contributed by atoms with Gasteiger partial charge in [0.25, 0.3) is 5.91 Å². The molecule has 3 N–H and O–H groups in total. The van der Waals surface area contributed by atoms with Gasteiger partial charge in [-0.15, -0.1) is 0 Å². The van der Waals surface area contributed by atoms with Crippen LogP contribution < -0.4 is 16.0 Å². The normalized spacial score (nSPS) is 10.0. The number of thiocarbonyl (C=S) groups is 1. The summed E-state index contributed by atoms with van der Waals surface area (Å²) in [6, 6.07) is 15.3. The van der Waals surface area contributed by atoms with Crippen molar-refractivity contribution in [2.24, 2.45) is 0 Å². The summed E-state index contributed by atoms with van der Waals surface area (Å²) in [5, 5.41) is 9.52. The minimum absolute atomic E-state index is 0.102. The minimum atomic E-state index is -0.102. The number of anilines is 1. The van der Waals surface area contributed by atoms with Crippen LogP contribution in [0.2, 0.25) is 0 Å². The molecule has 0 aliphatic carbocycles. The molecule has 0 saturated carbocycles. The van der Waals surface area contributed by atoms with Gasteiger partial charge in [-0.25, -0.2) is 0 Å². The van der Waals surface area contributed by atoms with Crippen LogP contribution in [0.1, 0.15) is 15.9 Å². The maximum absolute atomic E-state index is 12.1. The van der Waals surface area contributed by atoms with Gasteiger partial charge >= 0.3 is 0 Å². The van der Waals surface area contributed by atoms with Gasteiger partial charge in [-0.3, -0.25) is 4.79 Å². The van der Waals surface area contributed by atoms with Crippen LogP contribution in [0.25, 0.3) is 0 Å². The van der Waals surface area contributed by atoms with Crippen LogP contribution in [0.5, 0.6) is 0 Å². The molecule has 0 aliphatic heterocycles. The van der Waals surface area contributed by atoms with Crippen molar-refractivity contribution in [3.8, 4) is 0 Å². The van der Waals surface area contributed by atoms with Crippen LogP contribution in [0.15, 0.2) is 48.5 Å². The molecule has 0 heterocycles. The maximum atomic E-state index is 12.1. The summed E-state index contributed by atoms with van der Waals surface area (Å²) >= 11 is 7.24. The summed E-state index contributed by atoms with van der Waals surface area (Å²) in [5.74, 6) is -0.102. The van der Waals surface area contributed by atoms with Crippen molar-refractivity contribution in [1.29, 1.82) is 0 Å². The molecular formula is C17H18IN3OS. The molecule has 0 radical (unpaired) electrons. The third-order valence-electron chi connectivity index (χ3n) is 3.24. The fourth-order valence-corrected chi connectivity index (χ4v) is 2.43. The van der Waals surface area contributed by atoms with Gasteiger partial charge in [-0.2, -0.15) is 0 Å². The number of hydrogen-bond acceptors (Lipinski definition) is 2. The van der Waals surface area contributed by atoms with Crippen LogP contribution >= 0.6 is 34.8 Å². The monoisotopic (exact) mass is 439 g/mol. The molecule has 0 spiro atoms. The summed E-state index contributed by atoms with van der Waals surface area (Å²) in [7, 11) is 1.79. The fourth-order valence-electron chi connectivity index (χ4n) is 1.97. The molecule has 0 aliphatic rings. The predicted molar refractivity (Wildman–Crippen MR) is 107 cm³/mol. The highest BCUT2D eigenvalue weighted by Crippen LogP contribution is 2.13. The molecule has 2 aromatic rings. The molecule has 2 rings (SSSR count). The first-order chi connectivity index (χ1) is 11.1. The molecule has 120 valence electrons. The van der Waals surface area contributed by atoms with E-state index in [4.69, 9.17) is 12.2 Å². The summed E-state index contributed by atoms with van der Waals surface area (Å²) in [6.07, 6.45) is 0.868. The highest BCUT2D eigenvalue weighted by Gasteiger charge is 2.05. The Balaban J connectivity index is 1.88. The van der Waals surface area contributed by atoms with Crippen molar-refractivity contribution in [2.45, 2.75) is 6.42 Å². The SMILES string of the molecule is CNC(=S)NCCc1ccc(NC(=O)c2ccc(I)cc2)cc1. The van der Waals surface area contributed by atoms with E-state index in [1.165, 1.54) is 5.56 Å².